The lowest BCUT2D eigenvalue weighted by atomic mass is 10.1. The minimum absolute atomic E-state index is 0.0655. The van der Waals surface area contributed by atoms with E-state index in [0.717, 1.165) is 5.33 Å². The molecule has 0 radical (unpaired) electrons. The van der Waals surface area contributed by atoms with Crippen LogP contribution in [0, 0.1) is 5.82 Å². The van der Waals surface area contributed by atoms with Crippen molar-refractivity contribution >= 4 is 33.4 Å². The molecule has 1 aromatic rings. The first kappa shape index (κ1) is 15.4. The number of amides is 1. The maximum absolute atomic E-state index is 13.4. The Labute approximate surface area is 119 Å². The molecule has 0 fully saturated rings. The van der Waals surface area contributed by atoms with Gasteiger partial charge in [0.2, 0.25) is 5.91 Å². The summed E-state index contributed by atoms with van der Waals surface area (Å²) in [6.07, 6.45) is -0.0655. The van der Waals surface area contributed by atoms with Gasteiger partial charge in [0.05, 0.1) is 19.6 Å². The molecule has 1 rings (SSSR count). The van der Waals surface area contributed by atoms with Crippen LogP contribution in [0.1, 0.15) is 5.56 Å². The first-order valence-corrected chi connectivity index (χ1v) is 6.98. The fraction of sp³-hybridized carbons (Fsp3) is 0.417. The Morgan fingerprint density at radius 2 is 2.22 bits per heavy atom. The molecule has 0 saturated carbocycles. The lowest BCUT2D eigenvalue weighted by molar-refractivity contribution is -0.120. The number of hydrogen-bond acceptors (Lipinski definition) is 2. The number of ether oxygens (including phenoxy) is 1. The Balaban J connectivity index is 2.36. The Morgan fingerprint density at radius 3 is 2.89 bits per heavy atom. The van der Waals surface area contributed by atoms with Crippen LogP contribution in [0.25, 0.3) is 0 Å². The van der Waals surface area contributed by atoms with Crippen molar-refractivity contribution in [2.45, 2.75) is 6.42 Å². The second kappa shape index (κ2) is 8.45. The van der Waals surface area contributed by atoms with E-state index in [1.807, 2.05) is 0 Å². The van der Waals surface area contributed by atoms with Gasteiger partial charge in [0.15, 0.2) is 0 Å². The van der Waals surface area contributed by atoms with Crippen molar-refractivity contribution in [1.82, 2.24) is 5.32 Å². The topological polar surface area (TPSA) is 38.3 Å². The highest BCUT2D eigenvalue weighted by Gasteiger charge is 2.11. The Hall–Kier alpha value is -0.650. The molecule has 0 saturated heterocycles. The minimum Gasteiger partial charge on any atom is -0.379 e. The molecule has 0 bridgehead atoms. The zero-order chi connectivity index (χ0) is 13.4. The predicted octanol–water partition coefficient (Wildman–Crippen LogP) is 2.55. The molecule has 0 spiro atoms. The average Bonchev–Trinajstić information content (AvgIpc) is 2.34. The van der Waals surface area contributed by atoms with Crippen LogP contribution in [0.4, 0.5) is 4.39 Å². The molecule has 0 aromatic heterocycles. The summed E-state index contributed by atoms with van der Waals surface area (Å²) in [4.78, 5) is 11.5. The number of nitrogens with one attached hydrogen (secondary N) is 1. The summed E-state index contributed by atoms with van der Waals surface area (Å²) in [5, 5.41) is 3.66. The number of hydrogen-bond donors (Lipinski definition) is 1. The molecule has 0 aliphatic carbocycles. The van der Waals surface area contributed by atoms with E-state index >= 15 is 0 Å². The van der Waals surface area contributed by atoms with Gasteiger partial charge in [-0.15, -0.1) is 0 Å². The van der Waals surface area contributed by atoms with Crippen LogP contribution in [-0.2, 0) is 16.0 Å². The van der Waals surface area contributed by atoms with Gasteiger partial charge >= 0.3 is 0 Å². The number of halogens is 3. The fourth-order valence-electron chi connectivity index (χ4n) is 1.34. The lowest BCUT2D eigenvalue weighted by Gasteiger charge is -2.07. The van der Waals surface area contributed by atoms with Gasteiger partial charge in [-0.3, -0.25) is 4.79 Å². The van der Waals surface area contributed by atoms with Crippen LogP contribution in [0.3, 0.4) is 0 Å². The molecule has 6 heteroatoms. The van der Waals surface area contributed by atoms with Gasteiger partial charge in [-0.2, -0.15) is 0 Å². The molecule has 1 N–H and O–H groups in total. The van der Waals surface area contributed by atoms with Crippen molar-refractivity contribution in [3.63, 3.8) is 0 Å². The van der Waals surface area contributed by atoms with Crippen molar-refractivity contribution in [3.05, 3.63) is 34.6 Å². The number of benzene rings is 1. The molecule has 0 unspecified atom stereocenters. The molecule has 0 aliphatic heterocycles. The van der Waals surface area contributed by atoms with Crippen LogP contribution in [0.5, 0.6) is 0 Å². The molecule has 100 valence electrons. The lowest BCUT2D eigenvalue weighted by Crippen LogP contribution is -2.29. The van der Waals surface area contributed by atoms with Crippen molar-refractivity contribution in [2.24, 2.45) is 0 Å². The van der Waals surface area contributed by atoms with Crippen LogP contribution in [0.15, 0.2) is 18.2 Å². The van der Waals surface area contributed by atoms with E-state index in [2.05, 4.69) is 21.2 Å². The van der Waals surface area contributed by atoms with Crippen LogP contribution in [-0.4, -0.2) is 31.0 Å². The maximum atomic E-state index is 13.4. The highest BCUT2D eigenvalue weighted by molar-refractivity contribution is 9.09. The average molecular weight is 339 g/mol. The molecular formula is C12H14BrClFNO2. The molecule has 1 aromatic carbocycles. The molecule has 1 amide bonds. The van der Waals surface area contributed by atoms with E-state index in [1.54, 1.807) is 6.07 Å². The molecule has 18 heavy (non-hydrogen) atoms. The van der Waals surface area contributed by atoms with E-state index in [0.29, 0.717) is 19.8 Å². The predicted molar refractivity (Wildman–Crippen MR) is 72.7 cm³/mol. The Morgan fingerprint density at radius 1 is 1.44 bits per heavy atom. The highest BCUT2D eigenvalue weighted by Crippen LogP contribution is 2.19. The molecule has 0 atom stereocenters. The second-order valence-electron chi connectivity index (χ2n) is 3.53. The summed E-state index contributed by atoms with van der Waals surface area (Å²) in [6, 6.07) is 4.35. The van der Waals surface area contributed by atoms with Crippen LogP contribution >= 0.6 is 27.5 Å². The number of rotatable bonds is 7. The molecule has 0 heterocycles. The third-order valence-electron chi connectivity index (χ3n) is 2.19. The summed E-state index contributed by atoms with van der Waals surface area (Å²) in [7, 11) is 0. The summed E-state index contributed by atoms with van der Waals surface area (Å²) >= 11 is 9.05. The fourth-order valence-corrected chi connectivity index (χ4v) is 1.80. The third kappa shape index (κ3) is 5.33. The van der Waals surface area contributed by atoms with Gasteiger partial charge in [-0.05, 0) is 12.1 Å². The largest absolute Gasteiger partial charge is 0.379 e. The van der Waals surface area contributed by atoms with E-state index in [4.69, 9.17) is 16.3 Å². The molecule has 0 aliphatic rings. The van der Waals surface area contributed by atoms with Crippen molar-refractivity contribution in [3.8, 4) is 0 Å². The van der Waals surface area contributed by atoms with Crippen molar-refractivity contribution in [2.75, 3.05) is 25.1 Å². The number of carbonyl (C=O) groups excluding carboxylic acids is 1. The third-order valence-corrected chi connectivity index (χ3v) is 2.87. The smallest absolute Gasteiger partial charge is 0.224 e. The first-order chi connectivity index (χ1) is 8.65. The minimum atomic E-state index is -0.465. The summed E-state index contributed by atoms with van der Waals surface area (Å²) in [5.74, 6) is -0.738. The molecule has 3 nitrogen and oxygen atoms in total. The Kier molecular flexibility index (Phi) is 7.23. The molecular weight excluding hydrogens is 324 g/mol. The zero-order valence-corrected chi connectivity index (χ0v) is 12.1. The van der Waals surface area contributed by atoms with E-state index in [1.165, 1.54) is 12.1 Å². The van der Waals surface area contributed by atoms with Crippen molar-refractivity contribution in [1.29, 1.82) is 0 Å². The zero-order valence-electron chi connectivity index (χ0n) is 9.72. The van der Waals surface area contributed by atoms with E-state index in [-0.39, 0.29) is 22.9 Å². The monoisotopic (exact) mass is 337 g/mol. The number of carbonyl (C=O) groups is 1. The van der Waals surface area contributed by atoms with Gasteiger partial charge in [0.1, 0.15) is 5.82 Å². The van der Waals surface area contributed by atoms with Gasteiger partial charge in [-0.25, -0.2) is 4.39 Å². The van der Waals surface area contributed by atoms with E-state index < -0.39 is 5.82 Å². The Bertz CT molecular complexity index is 383. The SMILES string of the molecule is O=C(Cc1c(F)cccc1Cl)NCCOCCBr. The van der Waals surface area contributed by atoms with Gasteiger partial charge in [-0.1, -0.05) is 33.6 Å². The second-order valence-corrected chi connectivity index (χ2v) is 4.73. The van der Waals surface area contributed by atoms with Crippen molar-refractivity contribution < 1.29 is 13.9 Å². The summed E-state index contributed by atoms with van der Waals surface area (Å²) in [6.45, 7) is 1.43. The van der Waals surface area contributed by atoms with Gasteiger partial charge in [0, 0.05) is 22.5 Å². The first-order valence-electron chi connectivity index (χ1n) is 5.48. The standard InChI is InChI=1S/C12H14BrClFNO2/c13-4-6-18-7-5-16-12(17)8-9-10(14)2-1-3-11(9)15/h1-3H,4-8H2,(H,16,17). The van der Waals surface area contributed by atoms with Gasteiger partial charge in [0.25, 0.3) is 0 Å². The highest BCUT2D eigenvalue weighted by atomic mass is 79.9. The van der Waals surface area contributed by atoms with E-state index in [9.17, 15) is 9.18 Å². The summed E-state index contributed by atoms with van der Waals surface area (Å²) in [5.41, 5.74) is 0.220. The number of alkyl halides is 1. The maximum Gasteiger partial charge on any atom is 0.224 e. The van der Waals surface area contributed by atoms with Gasteiger partial charge < -0.3 is 10.1 Å². The normalized spacial score (nSPS) is 10.4. The van der Waals surface area contributed by atoms with Crippen LogP contribution in [0.2, 0.25) is 5.02 Å². The quantitative estimate of drug-likeness (QED) is 0.613. The van der Waals surface area contributed by atoms with Crippen LogP contribution < -0.4 is 5.32 Å². The summed E-state index contributed by atoms with van der Waals surface area (Å²) < 4.78 is 18.6.